The summed E-state index contributed by atoms with van der Waals surface area (Å²) in [5, 5.41) is 2.81. The van der Waals surface area contributed by atoms with Gasteiger partial charge in [0.05, 0.1) is 5.02 Å². The van der Waals surface area contributed by atoms with Crippen LogP contribution in [0.3, 0.4) is 0 Å². The second-order valence-corrected chi connectivity index (χ2v) is 6.37. The van der Waals surface area contributed by atoms with Crippen molar-refractivity contribution in [3.8, 4) is 0 Å². The Morgan fingerprint density at radius 3 is 2.91 bits per heavy atom. The first-order valence-corrected chi connectivity index (χ1v) is 8.37. The zero-order valence-electron chi connectivity index (χ0n) is 13.3. The molecule has 1 aliphatic heterocycles. The maximum absolute atomic E-state index is 13.4. The molecule has 1 aromatic rings. The van der Waals surface area contributed by atoms with Gasteiger partial charge in [0.25, 0.3) is 5.91 Å². The standard InChI is InChI=1S/C17H22ClFN2O2/c1-2-7-21-8-3-4-13(11-21)20-17(23)16(22)10-12-5-6-14(18)15(19)9-12/h5-6,9,13H,2-4,7-8,10-11H2,1H3,(H,20,23). The molecule has 0 radical (unpaired) electrons. The first-order valence-electron chi connectivity index (χ1n) is 7.99. The number of benzene rings is 1. The monoisotopic (exact) mass is 340 g/mol. The van der Waals surface area contributed by atoms with E-state index in [0.717, 1.165) is 38.9 Å². The van der Waals surface area contributed by atoms with Crippen LogP contribution in [0.25, 0.3) is 0 Å². The predicted molar refractivity (Wildman–Crippen MR) is 88.0 cm³/mol. The second-order valence-electron chi connectivity index (χ2n) is 5.96. The summed E-state index contributed by atoms with van der Waals surface area (Å²) < 4.78 is 13.4. The number of likely N-dealkylation sites (tertiary alicyclic amines) is 1. The molecule has 0 spiro atoms. The van der Waals surface area contributed by atoms with Crippen LogP contribution in [0.1, 0.15) is 31.7 Å². The van der Waals surface area contributed by atoms with Crippen LogP contribution in [-0.2, 0) is 16.0 Å². The van der Waals surface area contributed by atoms with E-state index in [1.165, 1.54) is 12.1 Å². The summed E-state index contributed by atoms with van der Waals surface area (Å²) in [5.41, 5.74) is 0.448. The fourth-order valence-electron chi connectivity index (χ4n) is 2.87. The quantitative estimate of drug-likeness (QED) is 0.810. The molecule has 126 valence electrons. The molecular formula is C17H22ClFN2O2. The third-order valence-electron chi connectivity index (χ3n) is 3.98. The molecule has 6 heteroatoms. The van der Waals surface area contributed by atoms with Gasteiger partial charge in [-0.25, -0.2) is 4.39 Å². The van der Waals surface area contributed by atoms with E-state index in [2.05, 4.69) is 17.1 Å². The molecule has 0 aromatic heterocycles. The topological polar surface area (TPSA) is 49.4 Å². The predicted octanol–water partition coefficient (Wildman–Crippen LogP) is 2.58. The van der Waals surface area contributed by atoms with Gasteiger partial charge in [-0.2, -0.15) is 0 Å². The molecule has 1 aromatic carbocycles. The van der Waals surface area contributed by atoms with Gasteiger partial charge < -0.3 is 10.2 Å². The fraction of sp³-hybridized carbons (Fsp3) is 0.529. The summed E-state index contributed by atoms with van der Waals surface area (Å²) in [4.78, 5) is 26.3. The van der Waals surface area contributed by atoms with E-state index in [1.54, 1.807) is 6.07 Å². The SMILES string of the molecule is CCCN1CCCC(NC(=O)C(=O)Cc2ccc(Cl)c(F)c2)C1. The molecule has 0 aliphatic carbocycles. The summed E-state index contributed by atoms with van der Waals surface area (Å²) in [6.45, 7) is 4.95. The molecule has 1 unspecified atom stereocenters. The number of carbonyl (C=O) groups is 2. The minimum atomic E-state index is -0.594. The maximum Gasteiger partial charge on any atom is 0.287 e. The van der Waals surface area contributed by atoms with E-state index in [0.29, 0.717) is 5.56 Å². The van der Waals surface area contributed by atoms with E-state index in [4.69, 9.17) is 11.6 Å². The number of Topliss-reactive ketones (excluding diaryl/α,β-unsaturated/α-hetero) is 1. The number of carbonyl (C=O) groups excluding carboxylic acids is 2. The smallest absolute Gasteiger partial charge is 0.287 e. The minimum absolute atomic E-state index is 0.00358. The largest absolute Gasteiger partial charge is 0.345 e. The number of amides is 1. The minimum Gasteiger partial charge on any atom is -0.345 e. The number of nitrogens with zero attached hydrogens (tertiary/aromatic N) is 1. The highest BCUT2D eigenvalue weighted by molar-refractivity contribution is 6.36. The second kappa shape index (κ2) is 8.41. The molecule has 1 saturated heterocycles. The van der Waals surface area contributed by atoms with Crippen LogP contribution in [0.5, 0.6) is 0 Å². The van der Waals surface area contributed by atoms with Crippen molar-refractivity contribution in [3.05, 3.63) is 34.6 Å². The zero-order valence-corrected chi connectivity index (χ0v) is 14.0. The Morgan fingerprint density at radius 1 is 1.43 bits per heavy atom. The first-order chi connectivity index (χ1) is 11.0. The van der Waals surface area contributed by atoms with Crippen molar-refractivity contribution in [1.82, 2.24) is 10.2 Å². The van der Waals surface area contributed by atoms with Crippen LogP contribution >= 0.6 is 11.6 Å². The van der Waals surface area contributed by atoms with Gasteiger partial charge in [0.1, 0.15) is 5.82 Å². The maximum atomic E-state index is 13.4. The molecule has 1 aliphatic rings. The molecule has 0 bridgehead atoms. The summed E-state index contributed by atoms with van der Waals surface area (Å²) in [5.74, 6) is -1.73. The average Bonchev–Trinajstić information content (AvgIpc) is 2.51. The highest BCUT2D eigenvalue weighted by Crippen LogP contribution is 2.16. The van der Waals surface area contributed by atoms with Crippen molar-refractivity contribution in [2.24, 2.45) is 0 Å². The van der Waals surface area contributed by atoms with Gasteiger partial charge in [-0.3, -0.25) is 9.59 Å². The third kappa shape index (κ3) is 5.29. The molecular weight excluding hydrogens is 319 g/mol. The van der Waals surface area contributed by atoms with Crippen LogP contribution in [-0.4, -0.2) is 42.3 Å². The molecule has 1 fully saturated rings. The molecule has 1 atom stereocenters. The number of piperidine rings is 1. The van der Waals surface area contributed by atoms with Gasteiger partial charge in [0, 0.05) is 19.0 Å². The Labute approximate surface area is 141 Å². The Bertz CT molecular complexity index is 578. The van der Waals surface area contributed by atoms with Crippen molar-refractivity contribution in [1.29, 1.82) is 0 Å². The number of hydrogen-bond acceptors (Lipinski definition) is 3. The van der Waals surface area contributed by atoms with Gasteiger partial charge >= 0.3 is 0 Å². The number of ketones is 1. The van der Waals surface area contributed by atoms with Gasteiger partial charge in [-0.15, -0.1) is 0 Å². The Kier molecular flexibility index (Phi) is 6.54. The van der Waals surface area contributed by atoms with Crippen LogP contribution in [0, 0.1) is 5.82 Å². The van der Waals surface area contributed by atoms with Crippen molar-refractivity contribution in [2.75, 3.05) is 19.6 Å². The van der Waals surface area contributed by atoms with E-state index in [9.17, 15) is 14.0 Å². The molecule has 1 amide bonds. The van der Waals surface area contributed by atoms with Crippen molar-refractivity contribution in [3.63, 3.8) is 0 Å². The Hall–Kier alpha value is -1.46. The van der Waals surface area contributed by atoms with Gasteiger partial charge in [-0.1, -0.05) is 24.6 Å². The summed E-state index contributed by atoms with van der Waals surface area (Å²) >= 11 is 5.60. The van der Waals surface area contributed by atoms with E-state index >= 15 is 0 Å². The van der Waals surface area contributed by atoms with Gasteiger partial charge in [0.15, 0.2) is 0 Å². The lowest BCUT2D eigenvalue weighted by atomic mass is 10.0. The number of hydrogen-bond donors (Lipinski definition) is 1. The molecule has 1 N–H and O–H groups in total. The zero-order chi connectivity index (χ0) is 16.8. The molecule has 23 heavy (non-hydrogen) atoms. The Morgan fingerprint density at radius 2 is 2.22 bits per heavy atom. The van der Waals surface area contributed by atoms with E-state index < -0.39 is 17.5 Å². The van der Waals surface area contributed by atoms with Crippen molar-refractivity contribution < 1.29 is 14.0 Å². The molecule has 0 saturated carbocycles. The molecule has 4 nitrogen and oxygen atoms in total. The first kappa shape index (κ1) is 17.9. The lowest BCUT2D eigenvalue weighted by Crippen LogP contribution is -2.49. The van der Waals surface area contributed by atoms with E-state index in [1.807, 2.05) is 0 Å². The van der Waals surface area contributed by atoms with Gasteiger partial charge in [0.2, 0.25) is 5.78 Å². The van der Waals surface area contributed by atoms with Crippen LogP contribution < -0.4 is 5.32 Å². The highest BCUT2D eigenvalue weighted by atomic mass is 35.5. The highest BCUT2D eigenvalue weighted by Gasteiger charge is 2.23. The third-order valence-corrected chi connectivity index (χ3v) is 4.29. The normalized spacial score (nSPS) is 18.7. The number of nitrogens with one attached hydrogen (secondary N) is 1. The summed E-state index contributed by atoms with van der Waals surface area (Å²) in [7, 11) is 0. The average molecular weight is 341 g/mol. The summed E-state index contributed by atoms with van der Waals surface area (Å²) in [6.07, 6.45) is 2.85. The van der Waals surface area contributed by atoms with E-state index in [-0.39, 0.29) is 17.5 Å². The number of rotatable bonds is 6. The van der Waals surface area contributed by atoms with Crippen molar-refractivity contribution in [2.45, 2.75) is 38.6 Å². The Balaban J connectivity index is 1.87. The van der Waals surface area contributed by atoms with Gasteiger partial charge in [-0.05, 0) is 50.0 Å². The van der Waals surface area contributed by atoms with Crippen LogP contribution in [0.2, 0.25) is 5.02 Å². The summed E-state index contributed by atoms with van der Waals surface area (Å²) in [6, 6.07) is 4.15. The molecule has 2 rings (SSSR count). The number of halogens is 2. The lowest BCUT2D eigenvalue weighted by Gasteiger charge is -2.32. The fourth-order valence-corrected chi connectivity index (χ4v) is 2.99. The van der Waals surface area contributed by atoms with Crippen LogP contribution in [0.15, 0.2) is 18.2 Å². The van der Waals surface area contributed by atoms with Crippen molar-refractivity contribution >= 4 is 23.3 Å². The molecule has 1 heterocycles. The van der Waals surface area contributed by atoms with Crippen LogP contribution in [0.4, 0.5) is 4.39 Å². The lowest BCUT2D eigenvalue weighted by molar-refractivity contribution is -0.138.